The van der Waals surface area contributed by atoms with E-state index in [1.807, 2.05) is 0 Å². The molecule has 1 amide bonds. The van der Waals surface area contributed by atoms with Crippen LogP contribution in [0.2, 0.25) is 0 Å². The van der Waals surface area contributed by atoms with E-state index in [9.17, 15) is 18.0 Å². The van der Waals surface area contributed by atoms with Crippen LogP contribution in [0.4, 0.5) is 18.0 Å². The maximum absolute atomic E-state index is 11.8. The summed E-state index contributed by atoms with van der Waals surface area (Å²) in [4.78, 5) is 17.7. The van der Waals surface area contributed by atoms with Crippen LogP contribution in [-0.2, 0) is 4.74 Å². The number of imidazole rings is 1. The second-order valence-corrected chi connectivity index (χ2v) is 3.27. The van der Waals surface area contributed by atoms with Gasteiger partial charge in [0.2, 0.25) is 0 Å². The van der Waals surface area contributed by atoms with E-state index in [1.54, 1.807) is 13.1 Å². The molecule has 1 heterocycles. The Labute approximate surface area is 95.4 Å². The zero-order chi connectivity index (χ0) is 12.9. The molecule has 5 nitrogen and oxygen atoms in total. The lowest BCUT2D eigenvalue weighted by Gasteiger charge is -2.15. The first-order chi connectivity index (χ1) is 7.92. The molecule has 0 radical (unpaired) electrons. The molecule has 1 unspecified atom stereocenters. The summed E-state index contributed by atoms with van der Waals surface area (Å²) < 4.78 is 39.4. The summed E-state index contributed by atoms with van der Waals surface area (Å²) in [6, 6.07) is -0.495. The van der Waals surface area contributed by atoms with Crippen LogP contribution in [0.25, 0.3) is 0 Å². The summed E-state index contributed by atoms with van der Waals surface area (Å²) in [6.45, 7) is 0.157. The first-order valence-electron chi connectivity index (χ1n) is 4.91. The largest absolute Gasteiger partial charge is 0.440 e. The van der Waals surface area contributed by atoms with Crippen LogP contribution in [0.5, 0.6) is 0 Å². The van der Waals surface area contributed by atoms with E-state index in [0.29, 0.717) is 12.2 Å². The van der Waals surface area contributed by atoms with Gasteiger partial charge in [-0.25, -0.2) is 9.78 Å². The third-order valence-electron chi connectivity index (χ3n) is 1.92. The van der Waals surface area contributed by atoms with Crippen LogP contribution in [0, 0.1) is 0 Å². The summed E-state index contributed by atoms with van der Waals surface area (Å²) in [5.74, 6) is 0.469. The van der Waals surface area contributed by atoms with Crippen molar-refractivity contribution in [3.63, 3.8) is 0 Å². The topological polar surface area (TPSA) is 67.0 Å². The van der Waals surface area contributed by atoms with Gasteiger partial charge in [-0.1, -0.05) is 6.92 Å². The Morgan fingerprint density at radius 1 is 1.65 bits per heavy atom. The highest BCUT2D eigenvalue weighted by molar-refractivity contribution is 5.67. The highest BCUT2D eigenvalue weighted by Crippen LogP contribution is 2.15. The summed E-state index contributed by atoms with van der Waals surface area (Å²) >= 11 is 0. The quantitative estimate of drug-likeness (QED) is 0.861. The molecule has 1 aromatic rings. The van der Waals surface area contributed by atoms with Crippen molar-refractivity contribution in [2.45, 2.75) is 25.6 Å². The lowest BCUT2D eigenvalue weighted by atomic mass is 10.2. The second kappa shape index (κ2) is 5.55. The molecule has 1 aromatic heterocycles. The first kappa shape index (κ1) is 13.3. The number of aromatic amines is 1. The van der Waals surface area contributed by atoms with E-state index in [-0.39, 0.29) is 0 Å². The van der Waals surface area contributed by atoms with Gasteiger partial charge in [0.1, 0.15) is 5.82 Å². The minimum atomic E-state index is -4.52. The minimum absolute atomic E-state index is 0.469. The molecule has 1 rings (SSSR count). The minimum Gasteiger partial charge on any atom is -0.440 e. The van der Waals surface area contributed by atoms with Crippen LogP contribution in [0.3, 0.4) is 0 Å². The van der Waals surface area contributed by atoms with Gasteiger partial charge in [-0.2, -0.15) is 13.2 Å². The van der Waals surface area contributed by atoms with Crippen LogP contribution in [0.15, 0.2) is 12.4 Å². The molecule has 17 heavy (non-hydrogen) atoms. The molecule has 0 fully saturated rings. The molecule has 8 heteroatoms. The fourth-order valence-electron chi connectivity index (χ4n) is 1.16. The summed E-state index contributed by atoms with van der Waals surface area (Å²) in [6.07, 6.45) is -2.12. The molecule has 96 valence electrons. The Bertz CT molecular complexity index is 351. The van der Waals surface area contributed by atoms with Crippen LogP contribution in [0.1, 0.15) is 25.2 Å². The zero-order valence-corrected chi connectivity index (χ0v) is 9.04. The number of carbonyl (C=O) groups excluding carboxylic acids is 1. The van der Waals surface area contributed by atoms with Crippen molar-refractivity contribution in [3.8, 4) is 0 Å². The van der Waals surface area contributed by atoms with Crippen LogP contribution in [-0.4, -0.2) is 28.8 Å². The molecule has 0 aromatic carbocycles. The smallest absolute Gasteiger partial charge is 0.422 e. The number of carbonyl (C=O) groups is 1. The van der Waals surface area contributed by atoms with Crippen molar-refractivity contribution in [3.05, 3.63) is 18.2 Å². The van der Waals surface area contributed by atoms with Crippen molar-refractivity contribution >= 4 is 6.09 Å². The number of nitrogens with zero attached hydrogens (tertiary/aromatic N) is 1. The van der Waals surface area contributed by atoms with Gasteiger partial charge in [0.05, 0.1) is 6.04 Å². The highest BCUT2D eigenvalue weighted by atomic mass is 19.4. The number of aromatic nitrogens is 2. The molecule has 0 saturated carbocycles. The number of ether oxygens (including phenoxy) is 1. The van der Waals surface area contributed by atoms with Gasteiger partial charge in [-0.3, -0.25) is 0 Å². The van der Waals surface area contributed by atoms with E-state index >= 15 is 0 Å². The van der Waals surface area contributed by atoms with Gasteiger partial charge >= 0.3 is 12.3 Å². The molecule has 0 aliphatic rings. The summed E-state index contributed by atoms with van der Waals surface area (Å²) in [5.41, 5.74) is 0. The van der Waals surface area contributed by atoms with Crippen LogP contribution < -0.4 is 5.32 Å². The summed E-state index contributed by atoms with van der Waals surface area (Å²) in [7, 11) is 0. The molecule has 2 N–H and O–H groups in total. The van der Waals surface area contributed by atoms with E-state index < -0.39 is 24.9 Å². The zero-order valence-electron chi connectivity index (χ0n) is 9.04. The van der Waals surface area contributed by atoms with Gasteiger partial charge in [-0.05, 0) is 6.42 Å². The van der Waals surface area contributed by atoms with Gasteiger partial charge in [0.25, 0.3) is 0 Å². The number of alkyl halides is 3. The molecule has 0 bridgehead atoms. The molecule has 1 atom stereocenters. The molecular formula is C9H12F3N3O2. The number of alkyl carbamates (subject to hydrolysis) is 1. The number of rotatable bonds is 4. The number of H-pyrrole nitrogens is 1. The standard InChI is InChI=1S/C9H12F3N3O2/c1-2-6(7-13-3-4-14-7)15-8(16)17-5-9(10,11)12/h3-4,6H,2,5H2,1H3,(H,13,14)(H,15,16). The van der Waals surface area contributed by atoms with Crippen molar-refractivity contribution in [1.82, 2.24) is 15.3 Å². The number of amides is 1. The highest BCUT2D eigenvalue weighted by Gasteiger charge is 2.30. The normalized spacial score (nSPS) is 13.2. The molecule has 0 aliphatic carbocycles. The van der Waals surface area contributed by atoms with E-state index in [1.165, 1.54) is 6.20 Å². The average molecular weight is 251 g/mol. The lowest BCUT2D eigenvalue weighted by Crippen LogP contribution is -2.32. The van der Waals surface area contributed by atoms with E-state index in [4.69, 9.17) is 0 Å². The monoisotopic (exact) mass is 251 g/mol. The van der Waals surface area contributed by atoms with Crippen molar-refractivity contribution in [2.75, 3.05) is 6.61 Å². The SMILES string of the molecule is CCC(NC(=O)OCC(F)(F)F)c1ncc[nH]1. The number of nitrogens with one attached hydrogen (secondary N) is 2. The Kier molecular flexibility index (Phi) is 4.36. The Hall–Kier alpha value is -1.73. The van der Waals surface area contributed by atoms with Crippen molar-refractivity contribution in [2.24, 2.45) is 0 Å². The Balaban J connectivity index is 2.44. The Morgan fingerprint density at radius 3 is 2.82 bits per heavy atom. The van der Waals surface area contributed by atoms with Gasteiger partial charge < -0.3 is 15.0 Å². The fourth-order valence-corrected chi connectivity index (χ4v) is 1.16. The van der Waals surface area contributed by atoms with E-state index in [2.05, 4.69) is 20.0 Å². The predicted molar refractivity (Wildman–Crippen MR) is 52.2 cm³/mol. The second-order valence-electron chi connectivity index (χ2n) is 3.27. The van der Waals surface area contributed by atoms with E-state index in [0.717, 1.165) is 0 Å². The number of hydrogen-bond donors (Lipinski definition) is 2. The lowest BCUT2D eigenvalue weighted by molar-refractivity contribution is -0.160. The maximum Gasteiger partial charge on any atom is 0.422 e. The molecule has 0 spiro atoms. The average Bonchev–Trinajstić information content (AvgIpc) is 2.75. The van der Waals surface area contributed by atoms with Gasteiger partial charge in [0, 0.05) is 12.4 Å². The number of halogens is 3. The third-order valence-corrected chi connectivity index (χ3v) is 1.92. The van der Waals surface area contributed by atoms with Crippen molar-refractivity contribution in [1.29, 1.82) is 0 Å². The van der Waals surface area contributed by atoms with Crippen molar-refractivity contribution < 1.29 is 22.7 Å². The third kappa shape index (κ3) is 4.75. The molecule has 0 aliphatic heterocycles. The fraction of sp³-hybridized carbons (Fsp3) is 0.556. The van der Waals surface area contributed by atoms with Crippen LogP contribution >= 0.6 is 0 Å². The predicted octanol–water partition coefficient (Wildman–Crippen LogP) is 2.15. The Morgan fingerprint density at radius 2 is 2.35 bits per heavy atom. The molecule has 0 saturated heterocycles. The maximum atomic E-state index is 11.8. The van der Waals surface area contributed by atoms with Gasteiger partial charge in [0.15, 0.2) is 6.61 Å². The first-order valence-corrected chi connectivity index (χ1v) is 4.91. The molecular weight excluding hydrogens is 239 g/mol. The summed E-state index contributed by atoms with van der Waals surface area (Å²) in [5, 5.41) is 2.29. The number of hydrogen-bond acceptors (Lipinski definition) is 3. The van der Waals surface area contributed by atoms with Gasteiger partial charge in [-0.15, -0.1) is 0 Å².